The van der Waals surface area contributed by atoms with Crippen molar-refractivity contribution in [2.24, 2.45) is 0 Å². The van der Waals surface area contributed by atoms with Gasteiger partial charge in [-0.1, -0.05) is 12.1 Å². The highest BCUT2D eigenvalue weighted by Crippen LogP contribution is 2.03. The second kappa shape index (κ2) is 5.78. The summed E-state index contributed by atoms with van der Waals surface area (Å²) in [5.41, 5.74) is 3.09. The van der Waals surface area contributed by atoms with E-state index in [9.17, 15) is 0 Å². The highest BCUT2D eigenvalue weighted by atomic mass is 14.8. The van der Waals surface area contributed by atoms with E-state index in [1.54, 1.807) is 12.4 Å². The third-order valence-electron chi connectivity index (χ3n) is 2.49. The summed E-state index contributed by atoms with van der Waals surface area (Å²) in [5, 5.41) is 12.0. The lowest BCUT2D eigenvalue weighted by Crippen LogP contribution is -2.12. The second-order valence-corrected chi connectivity index (χ2v) is 3.77. The van der Waals surface area contributed by atoms with Crippen LogP contribution in [0, 0.1) is 11.3 Å². The molecule has 0 aliphatic rings. The molecule has 1 N–H and O–H groups in total. The van der Waals surface area contributed by atoms with E-state index in [1.165, 1.54) is 11.1 Å². The molecule has 84 valence electrons. The Bertz CT molecular complexity index is 497. The summed E-state index contributed by atoms with van der Waals surface area (Å²) in [4.78, 5) is 3.97. The van der Waals surface area contributed by atoms with Gasteiger partial charge in [0.05, 0.1) is 11.6 Å². The second-order valence-electron chi connectivity index (χ2n) is 3.77. The van der Waals surface area contributed by atoms with Gasteiger partial charge < -0.3 is 5.32 Å². The predicted octanol–water partition coefficient (Wildman–Crippen LogP) is 2.24. The quantitative estimate of drug-likeness (QED) is 0.864. The van der Waals surface area contributed by atoms with Crippen LogP contribution in [0.2, 0.25) is 0 Å². The highest BCUT2D eigenvalue weighted by Gasteiger charge is 1.94. The van der Waals surface area contributed by atoms with E-state index in [1.807, 2.05) is 36.4 Å². The molecule has 0 bridgehead atoms. The molecule has 0 saturated carbocycles. The van der Waals surface area contributed by atoms with Crippen LogP contribution >= 0.6 is 0 Å². The van der Waals surface area contributed by atoms with Gasteiger partial charge >= 0.3 is 0 Å². The molecule has 0 spiro atoms. The number of hydrogen-bond acceptors (Lipinski definition) is 3. The molecule has 0 aliphatic heterocycles. The van der Waals surface area contributed by atoms with Crippen molar-refractivity contribution in [2.45, 2.75) is 13.1 Å². The third-order valence-corrected chi connectivity index (χ3v) is 2.49. The largest absolute Gasteiger partial charge is 0.309 e. The van der Waals surface area contributed by atoms with E-state index in [-0.39, 0.29) is 0 Å². The van der Waals surface area contributed by atoms with Gasteiger partial charge in [0.25, 0.3) is 0 Å². The number of nitrogens with one attached hydrogen (secondary N) is 1. The van der Waals surface area contributed by atoms with E-state index in [2.05, 4.69) is 16.4 Å². The molecule has 3 nitrogen and oxygen atoms in total. The Morgan fingerprint density at radius 2 is 1.53 bits per heavy atom. The maximum atomic E-state index is 8.68. The molecular formula is C14H13N3. The van der Waals surface area contributed by atoms with Crippen molar-refractivity contribution >= 4 is 0 Å². The number of hydrogen-bond donors (Lipinski definition) is 1. The van der Waals surface area contributed by atoms with Crippen LogP contribution in [0.3, 0.4) is 0 Å². The molecular weight excluding hydrogens is 210 g/mol. The van der Waals surface area contributed by atoms with Gasteiger partial charge in [0, 0.05) is 25.5 Å². The number of benzene rings is 1. The van der Waals surface area contributed by atoms with Crippen LogP contribution in [-0.4, -0.2) is 4.98 Å². The van der Waals surface area contributed by atoms with Gasteiger partial charge in [-0.05, 0) is 35.4 Å². The summed E-state index contributed by atoms with van der Waals surface area (Å²) in [6.07, 6.45) is 3.58. The first-order valence-corrected chi connectivity index (χ1v) is 5.47. The van der Waals surface area contributed by atoms with Crippen LogP contribution in [0.15, 0.2) is 48.8 Å². The predicted molar refractivity (Wildman–Crippen MR) is 65.9 cm³/mol. The summed E-state index contributed by atoms with van der Waals surface area (Å²) in [7, 11) is 0. The fourth-order valence-corrected chi connectivity index (χ4v) is 1.55. The number of rotatable bonds is 4. The summed E-state index contributed by atoms with van der Waals surface area (Å²) in [5.74, 6) is 0. The molecule has 0 fully saturated rings. The van der Waals surface area contributed by atoms with Crippen molar-refractivity contribution in [3.63, 3.8) is 0 Å². The van der Waals surface area contributed by atoms with Crippen molar-refractivity contribution in [1.82, 2.24) is 10.3 Å². The first-order valence-electron chi connectivity index (χ1n) is 5.47. The van der Waals surface area contributed by atoms with Gasteiger partial charge in [0.15, 0.2) is 0 Å². The van der Waals surface area contributed by atoms with Gasteiger partial charge in [0.1, 0.15) is 0 Å². The third kappa shape index (κ3) is 3.40. The first kappa shape index (κ1) is 11.3. The van der Waals surface area contributed by atoms with Gasteiger partial charge in [-0.25, -0.2) is 0 Å². The number of nitriles is 1. The highest BCUT2D eigenvalue weighted by molar-refractivity contribution is 5.31. The minimum Gasteiger partial charge on any atom is -0.309 e. The Hall–Kier alpha value is -2.18. The molecule has 0 radical (unpaired) electrons. The smallest absolute Gasteiger partial charge is 0.0991 e. The normalized spacial score (nSPS) is 9.82. The number of aromatic nitrogens is 1. The Balaban J connectivity index is 1.84. The zero-order valence-corrected chi connectivity index (χ0v) is 9.43. The molecule has 0 aliphatic carbocycles. The summed E-state index contributed by atoms with van der Waals surface area (Å²) >= 11 is 0. The number of nitrogens with zero attached hydrogens (tertiary/aromatic N) is 2. The Morgan fingerprint density at radius 3 is 2.12 bits per heavy atom. The molecule has 0 amide bonds. The van der Waals surface area contributed by atoms with Crippen molar-refractivity contribution in [3.8, 4) is 6.07 Å². The van der Waals surface area contributed by atoms with Crippen molar-refractivity contribution in [2.75, 3.05) is 0 Å². The zero-order chi connectivity index (χ0) is 11.9. The van der Waals surface area contributed by atoms with Crippen LogP contribution in [-0.2, 0) is 13.1 Å². The van der Waals surface area contributed by atoms with Gasteiger partial charge in [-0.2, -0.15) is 5.26 Å². The van der Waals surface area contributed by atoms with Crippen LogP contribution in [0.1, 0.15) is 16.7 Å². The molecule has 1 heterocycles. The van der Waals surface area contributed by atoms with E-state index in [0.29, 0.717) is 5.56 Å². The van der Waals surface area contributed by atoms with Gasteiger partial charge in [0.2, 0.25) is 0 Å². The summed E-state index contributed by atoms with van der Waals surface area (Å²) < 4.78 is 0. The number of pyridine rings is 1. The van der Waals surface area contributed by atoms with Crippen LogP contribution < -0.4 is 5.32 Å². The molecule has 0 saturated heterocycles. The Kier molecular flexibility index (Phi) is 3.85. The van der Waals surface area contributed by atoms with Crippen molar-refractivity contribution in [1.29, 1.82) is 5.26 Å². The van der Waals surface area contributed by atoms with Crippen LogP contribution in [0.4, 0.5) is 0 Å². The minimum atomic E-state index is 0.697. The summed E-state index contributed by atoms with van der Waals surface area (Å²) in [6, 6.07) is 13.7. The maximum absolute atomic E-state index is 8.68. The fraction of sp³-hybridized carbons (Fsp3) is 0.143. The first-order chi connectivity index (χ1) is 8.38. The Morgan fingerprint density at radius 1 is 0.941 bits per heavy atom. The van der Waals surface area contributed by atoms with Gasteiger partial charge in [-0.3, -0.25) is 4.98 Å². The van der Waals surface area contributed by atoms with Crippen molar-refractivity contribution < 1.29 is 0 Å². The molecule has 0 unspecified atom stereocenters. The van der Waals surface area contributed by atoms with Crippen LogP contribution in [0.25, 0.3) is 0 Å². The standard InChI is InChI=1S/C14H13N3/c15-9-12-1-3-13(4-2-12)10-17-11-14-5-7-16-8-6-14/h1-8,17H,10-11H2. The monoisotopic (exact) mass is 223 g/mol. The lowest BCUT2D eigenvalue weighted by atomic mass is 10.1. The SMILES string of the molecule is N#Cc1ccc(CNCc2ccncc2)cc1. The topological polar surface area (TPSA) is 48.7 Å². The van der Waals surface area contributed by atoms with E-state index in [0.717, 1.165) is 13.1 Å². The molecule has 3 heteroatoms. The van der Waals surface area contributed by atoms with Crippen molar-refractivity contribution in [3.05, 3.63) is 65.5 Å². The molecule has 17 heavy (non-hydrogen) atoms. The Labute approximate surface area is 101 Å². The molecule has 2 aromatic rings. The van der Waals surface area contributed by atoms with Gasteiger partial charge in [-0.15, -0.1) is 0 Å². The average Bonchev–Trinajstić information content (AvgIpc) is 2.41. The molecule has 1 aromatic heterocycles. The van der Waals surface area contributed by atoms with E-state index >= 15 is 0 Å². The summed E-state index contributed by atoms with van der Waals surface area (Å²) in [6.45, 7) is 1.62. The molecule has 2 rings (SSSR count). The zero-order valence-electron chi connectivity index (χ0n) is 9.43. The lowest BCUT2D eigenvalue weighted by molar-refractivity contribution is 0.692. The van der Waals surface area contributed by atoms with E-state index < -0.39 is 0 Å². The molecule has 0 atom stereocenters. The van der Waals surface area contributed by atoms with E-state index in [4.69, 9.17) is 5.26 Å². The minimum absolute atomic E-state index is 0.697. The lowest BCUT2D eigenvalue weighted by Gasteiger charge is -2.04. The molecule has 1 aromatic carbocycles. The fourth-order valence-electron chi connectivity index (χ4n) is 1.55. The average molecular weight is 223 g/mol. The maximum Gasteiger partial charge on any atom is 0.0991 e. The van der Waals surface area contributed by atoms with Crippen LogP contribution in [0.5, 0.6) is 0 Å².